The molecule has 2 nitrogen and oxygen atoms in total. The Morgan fingerprint density at radius 1 is 1.00 bits per heavy atom. The molecule has 0 aliphatic carbocycles. The summed E-state index contributed by atoms with van der Waals surface area (Å²) in [5.41, 5.74) is 0. The van der Waals surface area contributed by atoms with Crippen LogP contribution in [0.15, 0.2) is 25.3 Å². The Morgan fingerprint density at radius 3 is 1.33 bits per heavy atom. The molecule has 86 valence electrons. The Bertz CT molecular complexity index is 187. The first-order chi connectivity index (χ1) is 6.54. The molecule has 0 aromatic rings. The summed E-state index contributed by atoms with van der Waals surface area (Å²) in [5.74, 6) is 0. The fraction of sp³-hybridized carbons (Fsp3) is 0.250. The van der Waals surface area contributed by atoms with Gasteiger partial charge in [-0.05, 0) is 0 Å². The zero-order valence-electron chi connectivity index (χ0n) is 8.10. The average molecular weight is 394 g/mol. The molecule has 0 bridgehead atoms. The van der Waals surface area contributed by atoms with Gasteiger partial charge in [0.1, 0.15) is 8.64 Å². The first-order valence-corrected chi connectivity index (χ1v) is 5.41. The van der Waals surface area contributed by atoms with E-state index in [-0.39, 0.29) is 23.7 Å². The van der Waals surface area contributed by atoms with Crippen molar-refractivity contribution in [1.29, 1.82) is 0 Å². The van der Waals surface area contributed by atoms with E-state index in [4.69, 9.17) is 0 Å². The molecule has 0 atom stereocenters. The van der Waals surface area contributed by atoms with Crippen molar-refractivity contribution < 1.29 is 0 Å². The van der Waals surface area contributed by atoms with Crippen molar-refractivity contribution >= 4 is 82.0 Å². The molecule has 0 saturated carbocycles. The van der Waals surface area contributed by atoms with E-state index in [0.29, 0.717) is 21.7 Å². The number of thiol groups is 2. The van der Waals surface area contributed by atoms with Crippen molar-refractivity contribution in [1.82, 2.24) is 10.6 Å². The van der Waals surface area contributed by atoms with Gasteiger partial charge in [-0.15, -0.1) is 38.4 Å². The fourth-order valence-electron chi connectivity index (χ4n) is 0.319. The Balaban J connectivity index is -0.000000180. The van der Waals surface area contributed by atoms with E-state index in [1.807, 2.05) is 0 Å². The first-order valence-electron chi connectivity index (χ1n) is 3.70. The molecule has 0 saturated heterocycles. The predicted molar refractivity (Wildman–Crippen MR) is 85.3 cm³/mol. The van der Waals surface area contributed by atoms with Gasteiger partial charge in [0.05, 0.1) is 0 Å². The van der Waals surface area contributed by atoms with Gasteiger partial charge in [-0.1, -0.05) is 36.6 Å². The van der Waals surface area contributed by atoms with Crippen LogP contribution in [0.1, 0.15) is 0 Å². The number of hydrogen-bond donors (Lipinski definition) is 4. The minimum Gasteiger partial charge on any atom is -0.368 e. The minimum absolute atomic E-state index is 0. The Hall–Kier alpha value is 0.750. The number of hydrogen-bond acceptors (Lipinski definition) is 2. The van der Waals surface area contributed by atoms with Gasteiger partial charge in [-0.3, -0.25) is 0 Å². The van der Waals surface area contributed by atoms with Crippen molar-refractivity contribution in [3.8, 4) is 0 Å². The van der Waals surface area contributed by atoms with Crippen LogP contribution in [0, 0.1) is 0 Å². The predicted octanol–water partition coefficient (Wildman–Crippen LogP) is 1.57. The molecule has 2 radical (unpaired) electrons. The molecule has 0 rings (SSSR count). The van der Waals surface area contributed by atoms with Gasteiger partial charge in [0.2, 0.25) is 0 Å². The Labute approximate surface area is 130 Å². The van der Waals surface area contributed by atoms with Crippen molar-refractivity contribution in [3.63, 3.8) is 0 Å². The monoisotopic (exact) mass is 396 g/mol. The maximum atomic E-state index is 4.57. The van der Waals surface area contributed by atoms with Gasteiger partial charge in [0, 0.05) is 36.8 Å². The van der Waals surface area contributed by atoms with Crippen LogP contribution in [0.3, 0.4) is 0 Å². The van der Waals surface area contributed by atoms with Gasteiger partial charge in [-0.2, -0.15) is 0 Å². The summed E-state index contributed by atoms with van der Waals surface area (Å²) in [6.07, 6.45) is 3.45. The molecule has 0 fully saturated rings. The topological polar surface area (TPSA) is 24.1 Å². The molecule has 0 aliphatic rings. The van der Waals surface area contributed by atoms with Crippen LogP contribution in [0.4, 0.5) is 0 Å². The molecule has 0 spiro atoms. The van der Waals surface area contributed by atoms with Gasteiger partial charge < -0.3 is 10.6 Å². The van der Waals surface area contributed by atoms with Gasteiger partial charge in [0.15, 0.2) is 0 Å². The fourth-order valence-corrected chi connectivity index (χ4v) is 0.668. The minimum atomic E-state index is 0. The summed E-state index contributed by atoms with van der Waals surface area (Å²) in [6, 6.07) is 0. The van der Waals surface area contributed by atoms with Crippen molar-refractivity contribution in [2.45, 2.75) is 0 Å². The van der Waals surface area contributed by atoms with Crippen LogP contribution >= 0.6 is 49.7 Å². The summed E-state index contributed by atoms with van der Waals surface area (Å²) in [5, 5.41) is 5.55. The average Bonchev–Trinajstić information content (AvgIpc) is 2.12. The van der Waals surface area contributed by atoms with Crippen LogP contribution in [-0.2, 0) is 0 Å². The third-order valence-electron chi connectivity index (χ3n) is 0.795. The van der Waals surface area contributed by atoms with Gasteiger partial charge >= 0.3 is 0 Å². The molecule has 0 aromatic carbocycles. The second-order valence-electron chi connectivity index (χ2n) is 1.95. The maximum absolute atomic E-state index is 4.57. The Morgan fingerprint density at radius 2 is 1.27 bits per heavy atom. The largest absolute Gasteiger partial charge is 0.368 e. The molecular formula is C8H14N2S4Te. The van der Waals surface area contributed by atoms with E-state index in [0.717, 1.165) is 0 Å². The quantitative estimate of drug-likeness (QED) is 0.252. The maximum Gasteiger partial charge on any atom is 0.130 e. The molecule has 0 heterocycles. The van der Waals surface area contributed by atoms with Gasteiger partial charge in [0.25, 0.3) is 0 Å². The molecule has 0 amide bonds. The summed E-state index contributed by atoms with van der Waals surface area (Å²) in [6.45, 7) is 8.35. The normalized spacial score (nSPS) is 7.07. The standard InChI is InChI=1S/2C4H7NS2.Te/c2*1-2-3-5-4(6)7;/h2*2H,1,3H2,(H2,5,6,7);. The third kappa shape index (κ3) is 31.3. The molecule has 7 heteroatoms. The SMILES string of the molecule is C=CCNC(=S)S.C=CCNC(=S)S.[Te]. The number of nitrogens with one attached hydrogen (secondary N) is 2. The number of thiocarbonyl (C=S) groups is 2. The first kappa shape index (κ1) is 21.1. The molecule has 0 aliphatic heterocycles. The van der Waals surface area contributed by atoms with E-state index in [1.54, 1.807) is 12.2 Å². The smallest absolute Gasteiger partial charge is 0.130 e. The molecule has 2 N–H and O–H groups in total. The van der Waals surface area contributed by atoms with Crippen LogP contribution in [0.25, 0.3) is 0 Å². The van der Waals surface area contributed by atoms with Crippen molar-refractivity contribution in [3.05, 3.63) is 25.3 Å². The summed E-state index contributed by atoms with van der Waals surface area (Å²) < 4.78 is 1.03. The van der Waals surface area contributed by atoms with Crippen LogP contribution in [0.2, 0.25) is 0 Å². The second-order valence-corrected chi connectivity index (χ2v) is 4.27. The van der Waals surface area contributed by atoms with E-state index in [2.05, 4.69) is 73.5 Å². The molecule has 15 heavy (non-hydrogen) atoms. The van der Waals surface area contributed by atoms with Crippen LogP contribution < -0.4 is 10.6 Å². The van der Waals surface area contributed by atoms with Crippen LogP contribution in [-0.4, -0.2) is 45.4 Å². The van der Waals surface area contributed by atoms with E-state index < -0.39 is 0 Å². The molecule has 0 unspecified atom stereocenters. The summed E-state index contributed by atoms with van der Waals surface area (Å²) in [4.78, 5) is 0. The molecular weight excluding hydrogens is 380 g/mol. The molecule has 0 aromatic heterocycles. The van der Waals surface area contributed by atoms with Crippen molar-refractivity contribution in [2.24, 2.45) is 0 Å². The Kier molecular flexibility index (Phi) is 24.1. The summed E-state index contributed by atoms with van der Waals surface area (Å²) >= 11 is 16.7. The second kappa shape index (κ2) is 17.2. The van der Waals surface area contributed by atoms with Gasteiger partial charge in [-0.25, -0.2) is 0 Å². The third-order valence-corrected chi connectivity index (χ3v) is 1.40. The summed E-state index contributed by atoms with van der Waals surface area (Å²) in [7, 11) is 0. The van der Waals surface area contributed by atoms with E-state index in [1.165, 1.54) is 0 Å². The van der Waals surface area contributed by atoms with E-state index in [9.17, 15) is 0 Å². The van der Waals surface area contributed by atoms with E-state index >= 15 is 0 Å². The van der Waals surface area contributed by atoms with Crippen LogP contribution in [0.5, 0.6) is 0 Å². The van der Waals surface area contributed by atoms with Crippen molar-refractivity contribution in [2.75, 3.05) is 13.1 Å². The zero-order chi connectivity index (χ0) is 11.4. The number of rotatable bonds is 4. The zero-order valence-corrected chi connectivity index (χ0v) is 13.9.